The first kappa shape index (κ1) is 7.93. The number of benzene rings is 1. The van der Waals surface area contributed by atoms with Gasteiger partial charge in [-0.3, -0.25) is 0 Å². The van der Waals surface area contributed by atoms with Crippen LogP contribution < -0.4 is 0 Å². The minimum atomic E-state index is 0.210. The molecule has 0 aliphatic carbocycles. The summed E-state index contributed by atoms with van der Waals surface area (Å²) in [4.78, 5) is 1.39. The number of hydrogen-bond donors (Lipinski definition) is 0. The Kier molecular flexibility index (Phi) is 1.76. The Morgan fingerprint density at radius 2 is 1.92 bits per heavy atom. The number of allylic oxidation sites excluding steroid dienone is 1. The Morgan fingerprint density at radius 3 is 2.67 bits per heavy atom. The highest BCUT2D eigenvalue weighted by atomic mass is 32.2. The molecule has 0 aromatic heterocycles. The van der Waals surface area contributed by atoms with Crippen molar-refractivity contribution in [1.82, 2.24) is 0 Å². The molecular formula is C11H12S. The zero-order valence-electron chi connectivity index (χ0n) is 7.37. The van der Waals surface area contributed by atoms with Crippen molar-refractivity contribution < 1.29 is 0 Å². The van der Waals surface area contributed by atoms with Crippen LogP contribution in [0.4, 0.5) is 0 Å². The molecule has 1 aromatic carbocycles. The predicted molar refractivity (Wildman–Crippen MR) is 54.5 cm³/mol. The van der Waals surface area contributed by atoms with E-state index in [9.17, 15) is 0 Å². The third-order valence-corrected chi connectivity index (χ3v) is 3.14. The van der Waals surface area contributed by atoms with Crippen LogP contribution in [0.15, 0.2) is 40.6 Å². The molecule has 0 N–H and O–H groups in total. The zero-order valence-corrected chi connectivity index (χ0v) is 8.19. The van der Waals surface area contributed by atoms with Crippen molar-refractivity contribution in [3.63, 3.8) is 0 Å². The SMILES string of the molecule is CC1(C)C=CSc2ccccc21. The van der Waals surface area contributed by atoms with Crippen LogP contribution in [0.3, 0.4) is 0 Å². The van der Waals surface area contributed by atoms with Gasteiger partial charge in [-0.25, -0.2) is 0 Å². The number of fused-ring (bicyclic) bond motifs is 1. The second-order valence-corrected chi connectivity index (χ2v) is 4.59. The molecule has 0 nitrogen and oxygen atoms in total. The van der Waals surface area contributed by atoms with Gasteiger partial charge >= 0.3 is 0 Å². The summed E-state index contributed by atoms with van der Waals surface area (Å²) in [6.45, 7) is 4.50. The quantitative estimate of drug-likeness (QED) is 0.582. The summed E-state index contributed by atoms with van der Waals surface area (Å²) in [6, 6.07) is 8.61. The number of hydrogen-bond acceptors (Lipinski definition) is 1. The van der Waals surface area contributed by atoms with E-state index in [1.54, 1.807) is 0 Å². The van der Waals surface area contributed by atoms with Crippen LogP contribution in [0, 0.1) is 0 Å². The number of thioether (sulfide) groups is 1. The van der Waals surface area contributed by atoms with Gasteiger partial charge < -0.3 is 0 Å². The van der Waals surface area contributed by atoms with Gasteiger partial charge in [-0.1, -0.05) is 49.9 Å². The smallest absolute Gasteiger partial charge is 0.0156 e. The molecule has 0 atom stereocenters. The second kappa shape index (κ2) is 2.67. The zero-order chi connectivity index (χ0) is 8.60. The van der Waals surface area contributed by atoms with Crippen molar-refractivity contribution in [3.05, 3.63) is 41.3 Å². The van der Waals surface area contributed by atoms with Gasteiger partial charge in [0.2, 0.25) is 0 Å². The van der Waals surface area contributed by atoms with E-state index < -0.39 is 0 Å². The minimum Gasteiger partial charge on any atom is -0.0981 e. The van der Waals surface area contributed by atoms with Crippen LogP contribution in [0.5, 0.6) is 0 Å². The first-order valence-electron chi connectivity index (χ1n) is 4.14. The average molecular weight is 176 g/mol. The van der Waals surface area contributed by atoms with Gasteiger partial charge in [0, 0.05) is 10.3 Å². The molecule has 1 aromatic rings. The van der Waals surface area contributed by atoms with Crippen molar-refractivity contribution in [3.8, 4) is 0 Å². The largest absolute Gasteiger partial charge is 0.0981 e. The van der Waals surface area contributed by atoms with E-state index in [0.29, 0.717) is 0 Å². The first-order valence-corrected chi connectivity index (χ1v) is 5.02. The van der Waals surface area contributed by atoms with E-state index in [2.05, 4.69) is 49.6 Å². The Balaban J connectivity index is 2.58. The lowest BCUT2D eigenvalue weighted by Crippen LogP contribution is -2.16. The lowest BCUT2D eigenvalue weighted by Gasteiger charge is -2.26. The minimum absolute atomic E-state index is 0.210. The van der Waals surface area contributed by atoms with Crippen molar-refractivity contribution in [1.29, 1.82) is 0 Å². The van der Waals surface area contributed by atoms with Gasteiger partial charge in [0.25, 0.3) is 0 Å². The Hall–Kier alpha value is -0.690. The van der Waals surface area contributed by atoms with Crippen LogP contribution in [-0.2, 0) is 5.41 Å². The summed E-state index contributed by atoms with van der Waals surface area (Å²) < 4.78 is 0. The van der Waals surface area contributed by atoms with Crippen molar-refractivity contribution >= 4 is 11.8 Å². The summed E-state index contributed by atoms with van der Waals surface area (Å²) in [6.07, 6.45) is 2.26. The van der Waals surface area contributed by atoms with Crippen LogP contribution in [0.2, 0.25) is 0 Å². The lowest BCUT2D eigenvalue weighted by atomic mass is 9.85. The molecule has 1 aliphatic heterocycles. The van der Waals surface area contributed by atoms with Gasteiger partial charge in [-0.15, -0.1) is 0 Å². The van der Waals surface area contributed by atoms with Crippen molar-refractivity contribution in [2.45, 2.75) is 24.2 Å². The molecule has 0 saturated heterocycles. The van der Waals surface area contributed by atoms with Gasteiger partial charge in [-0.05, 0) is 17.0 Å². The molecule has 0 unspecified atom stereocenters. The van der Waals surface area contributed by atoms with Gasteiger partial charge in [0.15, 0.2) is 0 Å². The Labute approximate surface area is 77.7 Å². The monoisotopic (exact) mass is 176 g/mol. The summed E-state index contributed by atoms with van der Waals surface area (Å²) in [7, 11) is 0. The summed E-state index contributed by atoms with van der Waals surface area (Å²) in [5.41, 5.74) is 1.65. The first-order chi connectivity index (χ1) is 5.70. The Bertz CT molecular complexity index is 324. The summed E-state index contributed by atoms with van der Waals surface area (Å²) in [5, 5.41) is 2.18. The average Bonchev–Trinajstić information content (AvgIpc) is 2.04. The molecule has 2 rings (SSSR count). The third-order valence-electron chi connectivity index (χ3n) is 2.26. The molecule has 12 heavy (non-hydrogen) atoms. The van der Waals surface area contributed by atoms with Gasteiger partial charge in [0.05, 0.1) is 0 Å². The molecular weight excluding hydrogens is 164 g/mol. The Morgan fingerprint density at radius 1 is 1.17 bits per heavy atom. The topological polar surface area (TPSA) is 0 Å². The molecule has 62 valence electrons. The molecule has 0 spiro atoms. The van der Waals surface area contributed by atoms with Crippen LogP contribution in [0.25, 0.3) is 0 Å². The fraction of sp³-hybridized carbons (Fsp3) is 0.273. The fourth-order valence-electron chi connectivity index (χ4n) is 1.47. The highest BCUT2D eigenvalue weighted by Crippen LogP contribution is 2.38. The molecule has 1 heterocycles. The van der Waals surface area contributed by atoms with Crippen molar-refractivity contribution in [2.75, 3.05) is 0 Å². The van der Waals surface area contributed by atoms with E-state index >= 15 is 0 Å². The van der Waals surface area contributed by atoms with E-state index in [1.165, 1.54) is 10.5 Å². The van der Waals surface area contributed by atoms with Crippen molar-refractivity contribution in [2.24, 2.45) is 0 Å². The molecule has 0 bridgehead atoms. The molecule has 0 amide bonds. The van der Waals surface area contributed by atoms with E-state index in [1.807, 2.05) is 11.8 Å². The summed E-state index contributed by atoms with van der Waals surface area (Å²) >= 11 is 1.81. The molecule has 1 heteroatoms. The lowest BCUT2D eigenvalue weighted by molar-refractivity contribution is 0.653. The van der Waals surface area contributed by atoms with E-state index in [4.69, 9.17) is 0 Å². The predicted octanol–water partition coefficient (Wildman–Crippen LogP) is 3.58. The highest BCUT2D eigenvalue weighted by Gasteiger charge is 2.22. The molecule has 1 aliphatic rings. The second-order valence-electron chi connectivity index (χ2n) is 3.64. The van der Waals surface area contributed by atoms with Gasteiger partial charge in [0.1, 0.15) is 0 Å². The maximum Gasteiger partial charge on any atom is 0.0156 e. The molecule has 0 saturated carbocycles. The maximum absolute atomic E-state index is 2.26. The van der Waals surface area contributed by atoms with Crippen LogP contribution >= 0.6 is 11.8 Å². The van der Waals surface area contributed by atoms with Crippen LogP contribution in [0.1, 0.15) is 19.4 Å². The maximum atomic E-state index is 2.26. The van der Waals surface area contributed by atoms with E-state index in [-0.39, 0.29) is 5.41 Å². The number of rotatable bonds is 0. The van der Waals surface area contributed by atoms with E-state index in [0.717, 1.165) is 0 Å². The molecule has 0 radical (unpaired) electrons. The normalized spacial score (nSPS) is 18.8. The third kappa shape index (κ3) is 1.18. The fourth-order valence-corrected chi connectivity index (χ4v) is 2.64. The molecule has 0 fully saturated rings. The standard InChI is InChI=1S/C11H12S/c1-11(2)7-8-12-10-6-4-3-5-9(10)11/h3-8H,1-2H3. The summed E-state index contributed by atoms with van der Waals surface area (Å²) in [5.74, 6) is 0. The van der Waals surface area contributed by atoms with Gasteiger partial charge in [-0.2, -0.15) is 0 Å². The highest BCUT2D eigenvalue weighted by molar-refractivity contribution is 8.02. The van der Waals surface area contributed by atoms with Crippen LogP contribution in [-0.4, -0.2) is 0 Å².